The van der Waals surface area contributed by atoms with Crippen LogP contribution >= 0.6 is 0 Å². The van der Waals surface area contributed by atoms with Crippen molar-refractivity contribution in [1.29, 1.82) is 0 Å². The van der Waals surface area contributed by atoms with Crippen LogP contribution in [0.15, 0.2) is 0 Å². The first kappa shape index (κ1) is 20.0. The highest BCUT2D eigenvalue weighted by molar-refractivity contribution is 5.92. The van der Waals surface area contributed by atoms with Crippen LogP contribution in [-0.4, -0.2) is 43.7 Å². The fourth-order valence-electron chi connectivity index (χ4n) is 2.21. The first-order chi connectivity index (χ1) is 12.0. The molecule has 2 unspecified atom stereocenters. The Kier molecular flexibility index (Phi) is 5.52. The summed E-state index contributed by atoms with van der Waals surface area (Å²) in [5.74, 6) is -16.2. The lowest BCUT2D eigenvalue weighted by Gasteiger charge is -2.22. The summed E-state index contributed by atoms with van der Waals surface area (Å²) >= 11 is 0. The maximum atomic E-state index is 13.7. The zero-order valence-electron chi connectivity index (χ0n) is 13.7. The predicted octanol–water partition coefficient (Wildman–Crippen LogP) is 2.23. The molecular weight excluding hydrogens is 371 g/mol. The monoisotopic (exact) mass is 384 g/mol. The van der Waals surface area contributed by atoms with Gasteiger partial charge in [-0.25, -0.2) is 31.5 Å². The largest absolute Gasteiger partial charge is 0.466 e. The molecular formula is C15H13F5O6. The molecule has 0 N–H and O–H groups in total. The van der Waals surface area contributed by atoms with E-state index in [1.807, 2.05) is 0 Å². The molecule has 0 aromatic heterocycles. The molecule has 2 atom stereocenters. The van der Waals surface area contributed by atoms with Gasteiger partial charge in [-0.15, -0.1) is 0 Å². The van der Waals surface area contributed by atoms with Crippen LogP contribution in [0.5, 0.6) is 0 Å². The number of halogens is 5. The number of methoxy groups -OCH3 is 1. The molecule has 1 heterocycles. The minimum absolute atomic E-state index is 0.253. The molecule has 144 valence electrons. The van der Waals surface area contributed by atoms with Gasteiger partial charge in [0, 0.05) is 0 Å². The van der Waals surface area contributed by atoms with Gasteiger partial charge in [0.1, 0.15) is 11.7 Å². The summed E-state index contributed by atoms with van der Waals surface area (Å²) in [7, 11) is 0.933. The van der Waals surface area contributed by atoms with E-state index in [4.69, 9.17) is 9.47 Å². The quantitative estimate of drug-likeness (QED) is 0.343. The maximum absolute atomic E-state index is 13.7. The Morgan fingerprint density at radius 1 is 1.04 bits per heavy atom. The summed E-state index contributed by atoms with van der Waals surface area (Å²) in [5.41, 5.74) is -1.84. The molecule has 1 aliphatic rings. The zero-order chi connectivity index (χ0) is 19.8. The standard InChI is InChI=1S/C15H13F5O6/c1-15(2)24-4-5(26-15)12(14(22)23-3)25-13(21)6-7(16)9(18)11(20)10(19)8(6)17/h5,12H,4H2,1-3H3. The van der Waals surface area contributed by atoms with Gasteiger partial charge in [-0.05, 0) is 13.8 Å². The average Bonchev–Trinajstić information content (AvgIpc) is 2.95. The Morgan fingerprint density at radius 2 is 1.54 bits per heavy atom. The molecule has 6 nitrogen and oxygen atoms in total. The van der Waals surface area contributed by atoms with E-state index in [0.29, 0.717) is 0 Å². The van der Waals surface area contributed by atoms with Crippen LogP contribution in [0.25, 0.3) is 0 Å². The molecule has 0 bridgehead atoms. The molecule has 1 aromatic rings. The lowest BCUT2D eigenvalue weighted by molar-refractivity contribution is -0.171. The zero-order valence-corrected chi connectivity index (χ0v) is 13.7. The van der Waals surface area contributed by atoms with Gasteiger partial charge in [0.15, 0.2) is 29.1 Å². The second-order valence-corrected chi connectivity index (χ2v) is 5.66. The summed E-state index contributed by atoms with van der Waals surface area (Å²) in [6, 6.07) is 0. The highest BCUT2D eigenvalue weighted by Crippen LogP contribution is 2.28. The second kappa shape index (κ2) is 7.16. The van der Waals surface area contributed by atoms with Crippen molar-refractivity contribution < 1.29 is 50.5 Å². The maximum Gasteiger partial charge on any atom is 0.350 e. The van der Waals surface area contributed by atoms with Crippen molar-refractivity contribution in [3.63, 3.8) is 0 Å². The van der Waals surface area contributed by atoms with Crippen molar-refractivity contribution in [2.24, 2.45) is 0 Å². The number of carbonyl (C=O) groups excluding carboxylic acids is 2. The highest BCUT2D eigenvalue weighted by Gasteiger charge is 2.44. The molecule has 1 fully saturated rings. The van der Waals surface area contributed by atoms with Crippen molar-refractivity contribution >= 4 is 11.9 Å². The Morgan fingerprint density at radius 3 is 1.96 bits per heavy atom. The minimum Gasteiger partial charge on any atom is -0.466 e. The van der Waals surface area contributed by atoms with Crippen LogP contribution in [-0.2, 0) is 23.7 Å². The smallest absolute Gasteiger partial charge is 0.350 e. The van der Waals surface area contributed by atoms with Gasteiger partial charge in [-0.2, -0.15) is 0 Å². The third kappa shape index (κ3) is 3.63. The summed E-state index contributed by atoms with van der Waals surface area (Å²) in [6.07, 6.45) is -3.08. The number of hydrogen-bond donors (Lipinski definition) is 0. The van der Waals surface area contributed by atoms with Gasteiger partial charge in [-0.3, -0.25) is 0 Å². The number of esters is 2. The Bertz CT molecular complexity index is 722. The Balaban J connectivity index is 2.36. The average molecular weight is 384 g/mol. The fraction of sp³-hybridized carbons (Fsp3) is 0.467. The van der Waals surface area contributed by atoms with Gasteiger partial charge in [0.25, 0.3) is 0 Å². The fourth-order valence-corrected chi connectivity index (χ4v) is 2.21. The molecule has 1 aromatic carbocycles. The van der Waals surface area contributed by atoms with E-state index in [1.54, 1.807) is 0 Å². The molecule has 1 aliphatic heterocycles. The summed E-state index contributed by atoms with van der Waals surface area (Å²) in [5, 5.41) is 0. The van der Waals surface area contributed by atoms with E-state index < -0.39 is 64.6 Å². The molecule has 26 heavy (non-hydrogen) atoms. The second-order valence-electron chi connectivity index (χ2n) is 5.66. The minimum atomic E-state index is -2.43. The summed E-state index contributed by atoms with van der Waals surface area (Å²) in [6.45, 7) is 2.71. The number of hydrogen-bond acceptors (Lipinski definition) is 6. The van der Waals surface area contributed by atoms with Gasteiger partial charge < -0.3 is 18.9 Å². The van der Waals surface area contributed by atoms with Crippen LogP contribution in [0.3, 0.4) is 0 Å². The van der Waals surface area contributed by atoms with E-state index >= 15 is 0 Å². The molecule has 2 rings (SSSR count). The van der Waals surface area contributed by atoms with Gasteiger partial charge in [-0.1, -0.05) is 0 Å². The van der Waals surface area contributed by atoms with E-state index in [0.717, 1.165) is 7.11 Å². The van der Waals surface area contributed by atoms with Crippen LogP contribution < -0.4 is 0 Å². The third-order valence-electron chi connectivity index (χ3n) is 3.45. The summed E-state index contributed by atoms with van der Waals surface area (Å²) < 4.78 is 86.4. The van der Waals surface area contributed by atoms with Gasteiger partial charge in [0.05, 0.1) is 13.7 Å². The van der Waals surface area contributed by atoms with E-state index in [9.17, 15) is 31.5 Å². The predicted molar refractivity (Wildman–Crippen MR) is 72.4 cm³/mol. The van der Waals surface area contributed by atoms with E-state index in [1.165, 1.54) is 13.8 Å². The van der Waals surface area contributed by atoms with Crippen LogP contribution in [0.2, 0.25) is 0 Å². The number of rotatable bonds is 4. The molecule has 0 radical (unpaired) electrons. The van der Waals surface area contributed by atoms with Crippen LogP contribution in [0.1, 0.15) is 24.2 Å². The molecule has 0 amide bonds. The molecule has 1 saturated heterocycles. The van der Waals surface area contributed by atoms with Crippen molar-refractivity contribution in [3.8, 4) is 0 Å². The van der Waals surface area contributed by atoms with Crippen molar-refractivity contribution in [2.45, 2.75) is 31.8 Å². The Labute approximate surface area is 143 Å². The molecule has 0 aliphatic carbocycles. The van der Waals surface area contributed by atoms with E-state index in [2.05, 4.69) is 9.47 Å². The van der Waals surface area contributed by atoms with Gasteiger partial charge >= 0.3 is 11.9 Å². The van der Waals surface area contributed by atoms with E-state index in [-0.39, 0.29) is 6.61 Å². The topological polar surface area (TPSA) is 71.1 Å². The first-order valence-corrected chi connectivity index (χ1v) is 7.12. The van der Waals surface area contributed by atoms with Crippen molar-refractivity contribution in [3.05, 3.63) is 34.6 Å². The van der Waals surface area contributed by atoms with Crippen LogP contribution in [0.4, 0.5) is 22.0 Å². The lowest BCUT2D eigenvalue weighted by Crippen LogP contribution is -2.41. The molecule has 11 heteroatoms. The lowest BCUT2D eigenvalue weighted by atomic mass is 10.1. The third-order valence-corrected chi connectivity index (χ3v) is 3.45. The number of carbonyl (C=O) groups is 2. The van der Waals surface area contributed by atoms with Crippen LogP contribution in [0, 0.1) is 29.1 Å². The first-order valence-electron chi connectivity index (χ1n) is 7.12. The van der Waals surface area contributed by atoms with Crippen molar-refractivity contribution in [2.75, 3.05) is 13.7 Å². The van der Waals surface area contributed by atoms with Crippen molar-refractivity contribution in [1.82, 2.24) is 0 Å². The number of ether oxygens (including phenoxy) is 4. The van der Waals surface area contributed by atoms with Gasteiger partial charge in [0.2, 0.25) is 11.9 Å². The summed E-state index contributed by atoms with van der Waals surface area (Å²) in [4.78, 5) is 23.8. The highest BCUT2D eigenvalue weighted by atomic mass is 19.2. The Hall–Kier alpha value is -2.27. The molecule has 0 saturated carbocycles. The number of benzene rings is 1. The normalized spacial score (nSPS) is 19.9. The molecule has 0 spiro atoms. The SMILES string of the molecule is COC(=O)C(OC(=O)c1c(F)c(F)c(F)c(F)c1F)C1COC(C)(C)O1.